The van der Waals surface area contributed by atoms with Crippen LogP contribution in [0.3, 0.4) is 0 Å². The molecular weight excluding hydrogens is 212 g/mol. The Morgan fingerprint density at radius 2 is 2.41 bits per heavy atom. The van der Waals surface area contributed by atoms with Crippen molar-refractivity contribution in [3.8, 4) is 0 Å². The van der Waals surface area contributed by atoms with Crippen molar-refractivity contribution in [2.24, 2.45) is 5.92 Å². The Balaban J connectivity index is 1.80. The van der Waals surface area contributed by atoms with Crippen LogP contribution in [0.1, 0.15) is 24.1 Å². The molecular formula is C14H18N2O. The first-order valence-corrected chi connectivity index (χ1v) is 6.38. The lowest BCUT2D eigenvalue weighted by molar-refractivity contribution is 0.376. The van der Waals surface area contributed by atoms with Gasteiger partial charge in [-0.15, -0.1) is 0 Å². The molecule has 1 saturated heterocycles. The lowest BCUT2D eigenvalue weighted by Crippen LogP contribution is -2.30. The van der Waals surface area contributed by atoms with Crippen molar-refractivity contribution in [3.63, 3.8) is 0 Å². The minimum atomic E-state index is 0.769. The number of hydrogen-bond acceptors (Lipinski definition) is 3. The van der Waals surface area contributed by atoms with E-state index in [1.165, 1.54) is 24.9 Å². The van der Waals surface area contributed by atoms with Gasteiger partial charge in [0.05, 0.1) is 5.69 Å². The van der Waals surface area contributed by atoms with Crippen molar-refractivity contribution in [2.75, 3.05) is 13.1 Å². The summed E-state index contributed by atoms with van der Waals surface area (Å²) in [6.07, 6.45) is 3.78. The maximum atomic E-state index is 5.31. The number of benzene rings is 1. The van der Waals surface area contributed by atoms with E-state index in [4.69, 9.17) is 4.52 Å². The molecule has 1 unspecified atom stereocenters. The maximum Gasteiger partial charge on any atom is 0.167 e. The lowest BCUT2D eigenvalue weighted by atomic mass is 9.92. The highest BCUT2D eigenvalue weighted by atomic mass is 16.5. The fraction of sp³-hybridized carbons (Fsp3) is 0.500. The Hall–Kier alpha value is -1.35. The van der Waals surface area contributed by atoms with Crippen LogP contribution >= 0.6 is 0 Å². The van der Waals surface area contributed by atoms with E-state index in [1.54, 1.807) is 0 Å². The lowest BCUT2D eigenvalue weighted by Gasteiger charge is -2.22. The third kappa shape index (κ3) is 2.20. The van der Waals surface area contributed by atoms with Gasteiger partial charge in [-0.3, -0.25) is 0 Å². The number of nitrogens with one attached hydrogen (secondary N) is 1. The summed E-state index contributed by atoms with van der Waals surface area (Å²) in [5.74, 6) is 0.769. The van der Waals surface area contributed by atoms with Crippen LogP contribution in [0, 0.1) is 12.8 Å². The molecule has 0 amide bonds. The van der Waals surface area contributed by atoms with E-state index in [-0.39, 0.29) is 0 Å². The fourth-order valence-corrected chi connectivity index (χ4v) is 2.67. The van der Waals surface area contributed by atoms with E-state index < -0.39 is 0 Å². The molecule has 1 fully saturated rings. The highest BCUT2D eigenvalue weighted by Gasteiger charge is 2.14. The van der Waals surface area contributed by atoms with Crippen molar-refractivity contribution < 1.29 is 4.52 Å². The number of nitrogens with zero attached hydrogens (tertiary/aromatic N) is 1. The summed E-state index contributed by atoms with van der Waals surface area (Å²) in [5, 5.41) is 8.59. The minimum Gasteiger partial charge on any atom is -0.356 e. The average molecular weight is 230 g/mol. The number of fused-ring (bicyclic) bond motifs is 1. The quantitative estimate of drug-likeness (QED) is 0.862. The van der Waals surface area contributed by atoms with Crippen LogP contribution in [0.5, 0.6) is 0 Å². The van der Waals surface area contributed by atoms with Crippen LogP contribution in [0.15, 0.2) is 22.7 Å². The molecule has 1 aliphatic heterocycles. The van der Waals surface area contributed by atoms with Gasteiger partial charge >= 0.3 is 0 Å². The summed E-state index contributed by atoms with van der Waals surface area (Å²) >= 11 is 0. The molecule has 1 N–H and O–H groups in total. The van der Waals surface area contributed by atoms with Gasteiger partial charge in [-0.25, -0.2) is 0 Å². The molecule has 1 aromatic carbocycles. The molecule has 90 valence electrons. The fourth-order valence-electron chi connectivity index (χ4n) is 2.67. The predicted octanol–water partition coefficient (Wildman–Crippen LogP) is 2.68. The van der Waals surface area contributed by atoms with Gasteiger partial charge in [0, 0.05) is 5.39 Å². The van der Waals surface area contributed by atoms with Gasteiger partial charge < -0.3 is 9.84 Å². The molecule has 0 radical (unpaired) electrons. The smallest absolute Gasteiger partial charge is 0.167 e. The van der Waals surface area contributed by atoms with Crippen LogP contribution in [-0.4, -0.2) is 18.2 Å². The third-order valence-electron chi connectivity index (χ3n) is 3.64. The number of piperidine rings is 1. The number of hydrogen-bond donors (Lipinski definition) is 1. The zero-order valence-electron chi connectivity index (χ0n) is 10.2. The van der Waals surface area contributed by atoms with Crippen LogP contribution in [0.2, 0.25) is 0 Å². The van der Waals surface area contributed by atoms with Crippen molar-refractivity contribution >= 4 is 11.0 Å². The van der Waals surface area contributed by atoms with Gasteiger partial charge in [-0.05, 0) is 62.9 Å². The SMILES string of the molecule is Cc1noc2cc(CC3CCCNC3)ccc12. The van der Waals surface area contributed by atoms with Crippen LogP contribution < -0.4 is 5.32 Å². The average Bonchev–Trinajstić information content (AvgIpc) is 2.72. The second-order valence-electron chi connectivity index (χ2n) is 5.01. The minimum absolute atomic E-state index is 0.769. The Morgan fingerprint density at radius 3 is 3.24 bits per heavy atom. The Bertz CT molecular complexity index is 512. The second kappa shape index (κ2) is 4.49. The molecule has 2 heterocycles. The number of aromatic nitrogens is 1. The predicted molar refractivity (Wildman–Crippen MR) is 68.0 cm³/mol. The molecule has 2 aromatic rings. The van der Waals surface area contributed by atoms with E-state index in [0.29, 0.717) is 0 Å². The number of rotatable bonds is 2. The molecule has 3 rings (SSSR count). The standard InChI is InChI=1S/C14H18N2O/c1-10-13-5-4-11(8-14(13)17-16-10)7-12-3-2-6-15-9-12/h4-5,8,12,15H,2-3,6-7,9H2,1H3. The Kier molecular flexibility index (Phi) is 2.85. The summed E-state index contributed by atoms with van der Waals surface area (Å²) < 4.78 is 5.31. The summed E-state index contributed by atoms with van der Waals surface area (Å²) in [4.78, 5) is 0. The normalized spacial score (nSPS) is 20.9. The molecule has 17 heavy (non-hydrogen) atoms. The third-order valence-corrected chi connectivity index (χ3v) is 3.64. The first-order valence-electron chi connectivity index (χ1n) is 6.38. The van der Waals surface area contributed by atoms with Gasteiger partial charge in [0.25, 0.3) is 0 Å². The van der Waals surface area contributed by atoms with Gasteiger partial charge in [-0.2, -0.15) is 0 Å². The molecule has 0 aliphatic carbocycles. The van der Waals surface area contributed by atoms with Gasteiger partial charge in [0.2, 0.25) is 0 Å². The van der Waals surface area contributed by atoms with E-state index in [9.17, 15) is 0 Å². The Labute approximate surface area is 101 Å². The van der Waals surface area contributed by atoms with Crippen molar-refractivity contribution in [2.45, 2.75) is 26.2 Å². The van der Waals surface area contributed by atoms with E-state index in [1.807, 2.05) is 6.92 Å². The van der Waals surface area contributed by atoms with Crippen LogP contribution in [0.25, 0.3) is 11.0 Å². The first-order chi connectivity index (χ1) is 8.33. The topological polar surface area (TPSA) is 38.1 Å². The van der Waals surface area contributed by atoms with Gasteiger partial charge in [0.15, 0.2) is 5.58 Å². The molecule has 0 saturated carbocycles. The maximum absolute atomic E-state index is 5.31. The summed E-state index contributed by atoms with van der Waals surface area (Å²) in [7, 11) is 0. The van der Waals surface area contributed by atoms with Crippen LogP contribution in [-0.2, 0) is 6.42 Å². The molecule has 1 aliphatic rings. The van der Waals surface area contributed by atoms with Crippen molar-refractivity contribution in [1.82, 2.24) is 10.5 Å². The zero-order chi connectivity index (χ0) is 11.7. The van der Waals surface area contributed by atoms with E-state index >= 15 is 0 Å². The highest BCUT2D eigenvalue weighted by molar-refractivity contribution is 5.79. The zero-order valence-corrected chi connectivity index (χ0v) is 10.2. The molecule has 0 bridgehead atoms. The van der Waals surface area contributed by atoms with Gasteiger partial charge in [-0.1, -0.05) is 11.2 Å². The second-order valence-corrected chi connectivity index (χ2v) is 5.01. The Morgan fingerprint density at radius 1 is 1.47 bits per heavy atom. The monoisotopic (exact) mass is 230 g/mol. The van der Waals surface area contributed by atoms with Crippen molar-refractivity contribution in [1.29, 1.82) is 0 Å². The van der Waals surface area contributed by atoms with Crippen molar-refractivity contribution in [3.05, 3.63) is 29.5 Å². The summed E-state index contributed by atoms with van der Waals surface area (Å²) in [6, 6.07) is 6.48. The summed E-state index contributed by atoms with van der Waals surface area (Å²) in [6.45, 7) is 4.31. The first kappa shape index (κ1) is 10.8. The highest BCUT2D eigenvalue weighted by Crippen LogP contribution is 2.22. The van der Waals surface area contributed by atoms with E-state index in [2.05, 4.69) is 28.7 Å². The van der Waals surface area contributed by atoms with Crippen LogP contribution in [0.4, 0.5) is 0 Å². The van der Waals surface area contributed by atoms with Gasteiger partial charge in [0.1, 0.15) is 0 Å². The molecule has 3 nitrogen and oxygen atoms in total. The molecule has 3 heteroatoms. The largest absolute Gasteiger partial charge is 0.356 e. The number of aryl methyl sites for hydroxylation is 1. The molecule has 1 aromatic heterocycles. The van der Waals surface area contributed by atoms with E-state index in [0.717, 1.165) is 35.5 Å². The molecule has 1 atom stereocenters. The summed E-state index contributed by atoms with van der Waals surface area (Å²) in [5.41, 5.74) is 3.26. The molecule has 0 spiro atoms.